The lowest BCUT2D eigenvalue weighted by Crippen LogP contribution is -2.49. The summed E-state index contributed by atoms with van der Waals surface area (Å²) in [5.74, 6) is 0.256. The third kappa shape index (κ3) is 3.76. The third-order valence-corrected chi connectivity index (χ3v) is 5.44. The molecule has 2 rings (SSSR count). The quantitative estimate of drug-likeness (QED) is 0.859. The highest BCUT2D eigenvalue weighted by molar-refractivity contribution is 5.78. The highest BCUT2D eigenvalue weighted by Gasteiger charge is 2.40. The van der Waals surface area contributed by atoms with Gasteiger partial charge in [-0.3, -0.25) is 14.5 Å². The zero-order chi connectivity index (χ0) is 15.5. The number of likely N-dealkylation sites (tertiary alicyclic amines) is 2. The lowest BCUT2D eigenvalue weighted by molar-refractivity contribution is -0.152. The van der Waals surface area contributed by atoms with E-state index in [4.69, 9.17) is 0 Å². The minimum absolute atomic E-state index is 0.209. The highest BCUT2D eigenvalue weighted by Crippen LogP contribution is 2.35. The second-order valence-corrected chi connectivity index (χ2v) is 6.78. The van der Waals surface area contributed by atoms with Crippen LogP contribution in [0.4, 0.5) is 0 Å². The number of nitrogens with zero attached hydrogens (tertiary/aromatic N) is 2. The lowest BCUT2D eigenvalue weighted by atomic mass is 9.76. The number of amides is 1. The molecule has 21 heavy (non-hydrogen) atoms. The van der Waals surface area contributed by atoms with Gasteiger partial charge in [0.25, 0.3) is 0 Å². The number of aliphatic carboxylic acids is 1. The molecule has 2 fully saturated rings. The molecule has 0 unspecified atom stereocenters. The van der Waals surface area contributed by atoms with Gasteiger partial charge in [-0.05, 0) is 51.1 Å². The van der Waals surface area contributed by atoms with Crippen LogP contribution < -0.4 is 0 Å². The van der Waals surface area contributed by atoms with E-state index in [1.807, 2.05) is 11.8 Å². The Labute approximate surface area is 127 Å². The Kier molecular flexibility index (Phi) is 5.25. The van der Waals surface area contributed by atoms with Gasteiger partial charge in [0, 0.05) is 13.1 Å². The first kappa shape index (κ1) is 16.3. The molecule has 1 amide bonds. The second-order valence-electron chi connectivity index (χ2n) is 6.78. The number of carbonyl (C=O) groups is 2. The molecule has 2 aliphatic rings. The van der Waals surface area contributed by atoms with Crippen LogP contribution in [0.25, 0.3) is 0 Å². The van der Waals surface area contributed by atoms with Gasteiger partial charge in [0.2, 0.25) is 5.91 Å². The fourth-order valence-electron chi connectivity index (χ4n) is 3.41. The summed E-state index contributed by atoms with van der Waals surface area (Å²) < 4.78 is 0. The van der Waals surface area contributed by atoms with Crippen molar-refractivity contribution in [1.82, 2.24) is 9.80 Å². The summed E-state index contributed by atoms with van der Waals surface area (Å²) in [6.45, 7) is 7.83. The molecule has 2 heterocycles. The Hall–Kier alpha value is -1.10. The van der Waals surface area contributed by atoms with Crippen molar-refractivity contribution in [2.45, 2.75) is 46.0 Å². The number of piperidine rings is 2. The van der Waals surface area contributed by atoms with E-state index in [-0.39, 0.29) is 5.91 Å². The molecule has 0 aromatic carbocycles. The number of carboxylic acids is 1. The summed E-state index contributed by atoms with van der Waals surface area (Å²) in [5, 5.41) is 9.39. The van der Waals surface area contributed by atoms with Crippen LogP contribution in [0.3, 0.4) is 0 Å². The summed E-state index contributed by atoms with van der Waals surface area (Å²) in [5.41, 5.74) is -0.569. The molecule has 0 saturated carbocycles. The second kappa shape index (κ2) is 6.77. The van der Waals surface area contributed by atoms with Gasteiger partial charge < -0.3 is 10.0 Å². The summed E-state index contributed by atoms with van der Waals surface area (Å²) in [6, 6.07) is 0. The fourth-order valence-corrected chi connectivity index (χ4v) is 3.41. The zero-order valence-electron chi connectivity index (χ0n) is 13.3. The molecule has 0 aromatic heterocycles. The lowest BCUT2D eigenvalue weighted by Gasteiger charge is -2.39. The molecule has 5 heteroatoms. The maximum absolute atomic E-state index is 12.3. The Morgan fingerprint density at radius 3 is 2.19 bits per heavy atom. The van der Waals surface area contributed by atoms with E-state index < -0.39 is 11.4 Å². The van der Waals surface area contributed by atoms with Gasteiger partial charge >= 0.3 is 5.97 Å². The molecule has 0 bridgehead atoms. The van der Waals surface area contributed by atoms with Crippen LogP contribution in [0.1, 0.15) is 46.0 Å². The monoisotopic (exact) mass is 296 g/mol. The van der Waals surface area contributed by atoms with Crippen LogP contribution in [0.15, 0.2) is 0 Å². The van der Waals surface area contributed by atoms with Crippen molar-refractivity contribution >= 4 is 11.9 Å². The number of rotatable bonds is 4. The molecule has 0 aromatic rings. The standard InChI is InChI=1S/C16H28N2O3/c1-3-16(15(20)21)6-10-17(11-7-16)12-14(19)18-8-4-13(2)5-9-18/h13H,3-12H2,1-2H3,(H,20,21). The van der Waals surface area contributed by atoms with Gasteiger partial charge in [0.05, 0.1) is 12.0 Å². The summed E-state index contributed by atoms with van der Waals surface area (Å²) in [6.07, 6.45) is 4.19. The molecule has 0 radical (unpaired) electrons. The van der Waals surface area contributed by atoms with Gasteiger partial charge in [0.15, 0.2) is 0 Å². The van der Waals surface area contributed by atoms with Crippen LogP contribution in [0, 0.1) is 11.3 Å². The van der Waals surface area contributed by atoms with E-state index >= 15 is 0 Å². The molecular formula is C16H28N2O3. The minimum atomic E-state index is -0.680. The number of hydrogen-bond donors (Lipinski definition) is 1. The zero-order valence-corrected chi connectivity index (χ0v) is 13.3. The number of hydrogen-bond acceptors (Lipinski definition) is 3. The molecule has 120 valence electrons. The first-order valence-electron chi connectivity index (χ1n) is 8.20. The molecule has 5 nitrogen and oxygen atoms in total. The van der Waals surface area contributed by atoms with Gasteiger partial charge in [-0.15, -0.1) is 0 Å². The Morgan fingerprint density at radius 1 is 1.14 bits per heavy atom. The van der Waals surface area contributed by atoms with Gasteiger partial charge in [-0.25, -0.2) is 0 Å². The van der Waals surface area contributed by atoms with Crippen molar-refractivity contribution in [2.75, 3.05) is 32.7 Å². The van der Waals surface area contributed by atoms with Crippen molar-refractivity contribution in [1.29, 1.82) is 0 Å². The van der Waals surface area contributed by atoms with E-state index in [0.29, 0.717) is 25.8 Å². The van der Waals surface area contributed by atoms with Gasteiger partial charge in [-0.2, -0.15) is 0 Å². The molecule has 2 aliphatic heterocycles. The SMILES string of the molecule is CCC1(C(=O)O)CCN(CC(=O)N2CCC(C)CC2)CC1. The number of carbonyl (C=O) groups excluding carboxylic acids is 1. The van der Waals surface area contributed by atoms with Crippen molar-refractivity contribution in [3.05, 3.63) is 0 Å². The van der Waals surface area contributed by atoms with E-state index in [1.54, 1.807) is 0 Å². The summed E-state index contributed by atoms with van der Waals surface area (Å²) >= 11 is 0. The number of carboxylic acid groups (broad SMARTS) is 1. The van der Waals surface area contributed by atoms with Crippen molar-refractivity contribution in [3.63, 3.8) is 0 Å². The highest BCUT2D eigenvalue weighted by atomic mass is 16.4. The van der Waals surface area contributed by atoms with Crippen molar-refractivity contribution in [3.8, 4) is 0 Å². The van der Waals surface area contributed by atoms with E-state index in [2.05, 4.69) is 11.8 Å². The Morgan fingerprint density at radius 2 is 1.71 bits per heavy atom. The van der Waals surface area contributed by atoms with Gasteiger partial charge in [0.1, 0.15) is 0 Å². The smallest absolute Gasteiger partial charge is 0.309 e. The van der Waals surface area contributed by atoms with E-state index in [1.165, 1.54) is 0 Å². The Balaban J connectivity index is 1.80. The topological polar surface area (TPSA) is 60.9 Å². The van der Waals surface area contributed by atoms with Gasteiger partial charge in [-0.1, -0.05) is 13.8 Å². The Bertz CT molecular complexity index is 381. The van der Waals surface area contributed by atoms with Crippen molar-refractivity contribution in [2.24, 2.45) is 11.3 Å². The predicted octanol–water partition coefficient (Wildman–Crippen LogP) is 1.82. The third-order valence-electron chi connectivity index (χ3n) is 5.44. The van der Waals surface area contributed by atoms with Crippen molar-refractivity contribution < 1.29 is 14.7 Å². The van der Waals surface area contributed by atoms with Crippen LogP contribution >= 0.6 is 0 Å². The maximum atomic E-state index is 12.3. The van der Waals surface area contributed by atoms with E-state index in [9.17, 15) is 14.7 Å². The van der Waals surface area contributed by atoms with Crippen LogP contribution in [0.2, 0.25) is 0 Å². The first-order chi connectivity index (χ1) is 9.97. The summed E-state index contributed by atoms with van der Waals surface area (Å²) in [7, 11) is 0. The average molecular weight is 296 g/mol. The van der Waals surface area contributed by atoms with Crippen LogP contribution in [-0.2, 0) is 9.59 Å². The van der Waals surface area contributed by atoms with E-state index in [0.717, 1.165) is 44.9 Å². The largest absolute Gasteiger partial charge is 0.481 e. The molecular weight excluding hydrogens is 268 g/mol. The maximum Gasteiger partial charge on any atom is 0.309 e. The van der Waals surface area contributed by atoms with Crippen LogP contribution in [0.5, 0.6) is 0 Å². The average Bonchev–Trinajstić information content (AvgIpc) is 2.48. The molecule has 0 spiro atoms. The molecule has 2 saturated heterocycles. The normalized spacial score (nSPS) is 24.0. The van der Waals surface area contributed by atoms with Crippen LogP contribution in [-0.4, -0.2) is 59.5 Å². The fraction of sp³-hybridized carbons (Fsp3) is 0.875. The minimum Gasteiger partial charge on any atom is -0.481 e. The molecule has 0 atom stereocenters. The summed E-state index contributed by atoms with van der Waals surface area (Å²) in [4.78, 5) is 27.8. The molecule has 1 N–H and O–H groups in total. The first-order valence-corrected chi connectivity index (χ1v) is 8.20. The predicted molar refractivity (Wildman–Crippen MR) is 81.0 cm³/mol. The molecule has 0 aliphatic carbocycles.